The fraction of sp³-hybridized carbons (Fsp3) is 0. The molecule has 0 saturated heterocycles. The predicted molar refractivity (Wildman–Crippen MR) is 254 cm³/mol. The van der Waals surface area contributed by atoms with Crippen LogP contribution in [0, 0.1) is 0 Å². The normalized spacial score (nSPS) is 12.9. The second-order valence-electron chi connectivity index (χ2n) is 15.9. The summed E-state index contributed by atoms with van der Waals surface area (Å²) in [6, 6.07) is 77.5. The number of benzene rings is 10. The van der Waals surface area contributed by atoms with Gasteiger partial charge in [0, 0.05) is 55.4 Å². The maximum Gasteiger partial charge on any atom is 0.257 e. The summed E-state index contributed by atoms with van der Waals surface area (Å²) < 4.78 is 7.07. The summed E-state index contributed by atoms with van der Waals surface area (Å²) in [5.74, 6) is 0. The van der Waals surface area contributed by atoms with Crippen molar-refractivity contribution in [1.29, 1.82) is 0 Å². The zero-order valence-corrected chi connectivity index (χ0v) is 32.6. The highest BCUT2D eigenvalue weighted by Crippen LogP contribution is 2.51. The number of anilines is 6. The zero-order chi connectivity index (χ0) is 39.3. The Labute approximate surface area is 348 Å². The van der Waals surface area contributed by atoms with Crippen LogP contribution in [-0.4, -0.2) is 6.71 Å². The van der Waals surface area contributed by atoms with E-state index >= 15 is 0 Å². The third kappa shape index (κ3) is 4.67. The lowest BCUT2D eigenvalue weighted by molar-refractivity contribution is 0.671. The molecular weight excluding hydrogens is 727 g/mol. The van der Waals surface area contributed by atoms with Crippen molar-refractivity contribution in [3.63, 3.8) is 0 Å². The lowest BCUT2D eigenvalue weighted by Gasteiger charge is -2.45. The molecule has 0 spiro atoms. The average molecular weight is 763 g/mol. The molecule has 11 aromatic rings. The molecule has 0 unspecified atom stereocenters. The monoisotopic (exact) mass is 762 g/mol. The van der Waals surface area contributed by atoms with Gasteiger partial charge in [-0.05, 0) is 74.7 Å². The number of nitrogens with zero attached hydrogens (tertiary/aromatic N) is 2. The fourth-order valence-electron chi connectivity index (χ4n) is 10.3. The third-order valence-corrected chi connectivity index (χ3v) is 12.8. The molecule has 1 aromatic heterocycles. The van der Waals surface area contributed by atoms with Gasteiger partial charge < -0.3 is 14.2 Å². The summed E-state index contributed by atoms with van der Waals surface area (Å²) in [4.78, 5) is 5.10. The Morgan fingerprint density at radius 3 is 1.48 bits per heavy atom. The molecule has 0 bridgehead atoms. The molecule has 278 valence electrons. The van der Waals surface area contributed by atoms with Crippen molar-refractivity contribution < 1.29 is 4.42 Å². The Bertz CT molecular complexity index is 3510. The van der Waals surface area contributed by atoms with E-state index in [1.165, 1.54) is 71.6 Å². The Kier molecular flexibility index (Phi) is 7.10. The molecule has 2 aliphatic rings. The molecule has 3 nitrogen and oxygen atoms in total. The number of hydrogen-bond donors (Lipinski definition) is 0. The maximum atomic E-state index is 7.07. The first kappa shape index (κ1) is 33.2. The van der Waals surface area contributed by atoms with Crippen LogP contribution < -0.4 is 26.2 Å². The number of para-hydroxylation sites is 2. The van der Waals surface area contributed by atoms with Gasteiger partial charge in [0.1, 0.15) is 11.2 Å². The number of furan rings is 1. The Balaban J connectivity index is 1.20. The minimum absolute atomic E-state index is 0.107. The van der Waals surface area contributed by atoms with Crippen molar-refractivity contribution in [3.8, 4) is 22.3 Å². The summed E-state index contributed by atoms with van der Waals surface area (Å²) >= 11 is 0. The average Bonchev–Trinajstić information content (AvgIpc) is 3.71. The van der Waals surface area contributed by atoms with Gasteiger partial charge in [0.25, 0.3) is 6.71 Å². The van der Waals surface area contributed by atoms with Gasteiger partial charge in [-0.15, -0.1) is 0 Å². The topological polar surface area (TPSA) is 19.6 Å². The molecule has 2 aliphatic heterocycles. The second kappa shape index (κ2) is 12.8. The molecule has 4 heteroatoms. The lowest BCUT2D eigenvalue weighted by atomic mass is 9.33. The van der Waals surface area contributed by atoms with Gasteiger partial charge in [-0.3, -0.25) is 0 Å². The molecule has 3 heterocycles. The molecular formula is C56H35BN2O. The summed E-state index contributed by atoms with van der Waals surface area (Å²) in [6.07, 6.45) is 0. The Hall–Kier alpha value is -7.82. The Morgan fingerprint density at radius 2 is 0.833 bits per heavy atom. The van der Waals surface area contributed by atoms with Crippen LogP contribution in [0.4, 0.5) is 34.1 Å². The van der Waals surface area contributed by atoms with Crippen LogP contribution in [0.15, 0.2) is 217 Å². The summed E-state index contributed by atoms with van der Waals surface area (Å²) in [6.45, 7) is -0.107. The number of rotatable bonds is 4. The molecule has 0 fully saturated rings. The van der Waals surface area contributed by atoms with Crippen LogP contribution in [0.25, 0.3) is 65.7 Å². The van der Waals surface area contributed by atoms with Crippen molar-refractivity contribution in [3.05, 3.63) is 212 Å². The minimum atomic E-state index is -0.107. The van der Waals surface area contributed by atoms with Crippen LogP contribution >= 0.6 is 0 Å². The third-order valence-electron chi connectivity index (χ3n) is 12.8. The zero-order valence-electron chi connectivity index (χ0n) is 32.6. The van der Waals surface area contributed by atoms with Crippen LogP contribution in [0.5, 0.6) is 0 Å². The molecule has 0 amide bonds. The first-order chi connectivity index (χ1) is 29.8. The van der Waals surface area contributed by atoms with E-state index in [-0.39, 0.29) is 6.71 Å². The van der Waals surface area contributed by atoms with Gasteiger partial charge >= 0.3 is 0 Å². The highest BCUT2D eigenvalue weighted by atomic mass is 16.3. The SMILES string of the molecule is c1ccc(-c2ccc3ccccc3c2N2c3ccccc3B3c4c2cccc4N(c2c(-c4ccccc4)ccc4ccccc24)c2ccc4c(oc5ccccc54)c23)cc1. The van der Waals surface area contributed by atoms with E-state index in [9.17, 15) is 0 Å². The van der Waals surface area contributed by atoms with Gasteiger partial charge in [-0.25, -0.2) is 0 Å². The van der Waals surface area contributed by atoms with Crippen molar-refractivity contribution in [2.75, 3.05) is 9.80 Å². The van der Waals surface area contributed by atoms with Crippen LogP contribution in [0.1, 0.15) is 0 Å². The summed E-state index contributed by atoms with van der Waals surface area (Å²) in [7, 11) is 0. The van der Waals surface area contributed by atoms with E-state index in [2.05, 4.69) is 222 Å². The number of fused-ring (bicyclic) bond motifs is 10. The second-order valence-corrected chi connectivity index (χ2v) is 15.9. The lowest BCUT2D eigenvalue weighted by Crippen LogP contribution is -2.61. The standard InChI is InChI=1S/C56H35BN2O/c1-3-16-36(17-4-1)42-32-30-38-20-7-9-22-40(38)54(42)58-47-26-13-12-25-46(47)57-52-48(58)27-15-28-49(52)59(50-35-34-45-44-24-11-14-29-51(44)60-56(45)53(50)57)55-41-23-10-8-21-39(41)31-33-43(55)37-18-5-2-6-19-37/h1-35H. The summed E-state index contributed by atoms with van der Waals surface area (Å²) in [5.41, 5.74) is 17.2. The van der Waals surface area contributed by atoms with E-state index in [1.54, 1.807) is 0 Å². The molecule has 0 radical (unpaired) electrons. The smallest absolute Gasteiger partial charge is 0.257 e. The van der Waals surface area contributed by atoms with Crippen molar-refractivity contribution in [2.45, 2.75) is 0 Å². The van der Waals surface area contributed by atoms with Crippen LogP contribution in [0.2, 0.25) is 0 Å². The quantitative estimate of drug-likeness (QED) is 0.167. The van der Waals surface area contributed by atoms with Gasteiger partial charge in [0.15, 0.2) is 0 Å². The molecule has 0 atom stereocenters. The molecule has 10 aromatic carbocycles. The van der Waals surface area contributed by atoms with Gasteiger partial charge in [0.2, 0.25) is 0 Å². The first-order valence-corrected chi connectivity index (χ1v) is 20.7. The minimum Gasteiger partial charge on any atom is -0.457 e. The predicted octanol–water partition coefficient (Wildman–Crippen LogP) is 13.3. The van der Waals surface area contributed by atoms with Crippen LogP contribution in [0.3, 0.4) is 0 Å². The largest absolute Gasteiger partial charge is 0.457 e. The highest BCUT2D eigenvalue weighted by Gasteiger charge is 2.46. The van der Waals surface area contributed by atoms with Crippen LogP contribution in [-0.2, 0) is 0 Å². The fourth-order valence-corrected chi connectivity index (χ4v) is 10.3. The summed E-state index contributed by atoms with van der Waals surface area (Å²) in [5, 5.41) is 7.06. The van der Waals surface area contributed by atoms with Gasteiger partial charge in [-0.2, -0.15) is 0 Å². The van der Waals surface area contributed by atoms with Gasteiger partial charge in [-0.1, -0.05) is 176 Å². The first-order valence-electron chi connectivity index (χ1n) is 20.7. The van der Waals surface area contributed by atoms with Crippen molar-refractivity contribution in [1.82, 2.24) is 0 Å². The number of hydrogen-bond acceptors (Lipinski definition) is 3. The Morgan fingerprint density at radius 1 is 0.333 bits per heavy atom. The molecule has 13 rings (SSSR count). The van der Waals surface area contributed by atoms with E-state index in [1.807, 2.05) is 0 Å². The maximum absolute atomic E-state index is 7.07. The molecule has 0 N–H and O–H groups in total. The van der Waals surface area contributed by atoms with E-state index in [4.69, 9.17) is 4.42 Å². The molecule has 0 saturated carbocycles. The van der Waals surface area contributed by atoms with Gasteiger partial charge in [0.05, 0.1) is 11.4 Å². The van der Waals surface area contributed by atoms with Crippen molar-refractivity contribution >= 4 is 101 Å². The van der Waals surface area contributed by atoms with E-state index < -0.39 is 0 Å². The highest BCUT2D eigenvalue weighted by molar-refractivity contribution is 7.01. The molecule has 60 heavy (non-hydrogen) atoms. The molecule has 0 aliphatic carbocycles. The van der Waals surface area contributed by atoms with Crippen molar-refractivity contribution in [2.24, 2.45) is 0 Å². The van der Waals surface area contributed by atoms with E-state index in [0.717, 1.165) is 44.7 Å². The van der Waals surface area contributed by atoms with E-state index in [0.29, 0.717) is 0 Å².